The fourth-order valence-electron chi connectivity index (χ4n) is 2.16. The summed E-state index contributed by atoms with van der Waals surface area (Å²) < 4.78 is 0. The van der Waals surface area contributed by atoms with Crippen LogP contribution in [0.3, 0.4) is 0 Å². The highest BCUT2D eigenvalue weighted by Crippen LogP contribution is 2.36. The van der Waals surface area contributed by atoms with Gasteiger partial charge in [-0.15, -0.1) is 11.8 Å². The molecule has 0 bridgehead atoms. The summed E-state index contributed by atoms with van der Waals surface area (Å²) in [5.74, 6) is 0.999. The first-order valence-corrected chi connectivity index (χ1v) is 7.41. The van der Waals surface area contributed by atoms with E-state index in [1.54, 1.807) is 11.8 Å². The van der Waals surface area contributed by atoms with Crippen LogP contribution in [-0.4, -0.2) is 29.4 Å². The van der Waals surface area contributed by atoms with Crippen molar-refractivity contribution in [2.75, 3.05) is 12.4 Å². The van der Waals surface area contributed by atoms with Crippen LogP contribution < -0.4 is 5.32 Å². The van der Waals surface area contributed by atoms with Crippen molar-refractivity contribution in [2.45, 2.75) is 31.1 Å². The Bertz CT molecular complexity index is 418. The van der Waals surface area contributed by atoms with Gasteiger partial charge in [0.05, 0.1) is 12.6 Å². The first kappa shape index (κ1) is 13.4. The molecule has 98 valence electrons. The van der Waals surface area contributed by atoms with Crippen molar-refractivity contribution < 1.29 is 9.90 Å². The highest BCUT2D eigenvalue weighted by atomic mass is 32.2. The fraction of sp³-hybridized carbons (Fsp3) is 0.500. The van der Waals surface area contributed by atoms with E-state index in [0.717, 1.165) is 24.2 Å². The third-order valence-corrected chi connectivity index (χ3v) is 4.53. The van der Waals surface area contributed by atoms with Crippen molar-refractivity contribution in [1.82, 2.24) is 5.32 Å². The maximum Gasteiger partial charge on any atom is 0.237 e. The molecule has 3 nitrogen and oxygen atoms in total. The maximum atomic E-state index is 12.2. The van der Waals surface area contributed by atoms with E-state index in [4.69, 9.17) is 5.11 Å². The van der Waals surface area contributed by atoms with E-state index < -0.39 is 0 Å². The standard InChI is InChI=1S/C14H19NO2S/c1-2-11(9-16)15-14(17)13-12-6-4-3-5-10(12)7-8-18-13/h3-6,11,13,16H,2,7-9H2,1H3,(H,15,17). The number of nitrogens with one attached hydrogen (secondary N) is 1. The van der Waals surface area contributed by atoms with Gasteiger partial charge >= 0.3 is 0 Å². The molecule has 1 amide bonds. The normalized spacial score (nSPS) is 20.0. The molecule has 1 aliphatic heterocycles. The van der Waals surface area contributed by atoms with E-state index in [1.165, 1.54) is 5.56 Å². The van der Waals surface area contributed by atoms with Crippen molar-refractivity contribution in [3.8, 4) is 0 Å². The number of hydrogen-bond donors (Lipinski definition) is 2. The minimum absolute atomic E-state index is 0.00126. The van der Waals surface area contributed by atoms with Crippen LogP contribution in [0.25, 0.3) is 0 Å². The van der Waals surface area contributed by atoms with Gasteiger partial charge in [-0.2, -0.15) is 0 Å². The molecule has 0 saturated carbocycles. The zero-order valence-corrected chi connectivity index (χ0v) is 11.4. The summed E-state index contributed by atoms with van der Waals surface area (Å²) in [4.78, 5) is 12.2. The number of carbonyl (C=O) groups is 1. The molecule has 0 fully saturated rings. The molecule has 0 spiro atoms. The predicted molar refractivity (Wildman–Crippen MR) is 74.7 cm³/mol. The molecule has 4 heteroatoms. The second-order valence-electron chi connectivity index (χ2n) is 4.50. The summed E-state index contributed by atoms with van der Waals surface area (Å²) in [5, 5.41) is 11.9. The SMILES string of the molecule is CCC(CO)NC(=O)C1SCCc2ccccc21. The number of amides is 1. The van der Waals surface area contributed by atoms with Crippen molar-refractivity contribution in [1.29, 1.82) is 0 Å². The molecule has 2 unspecified atom stereocenters. The van der Waals surface area contributed by atoms with Crippen LogP contribution in [0, 0.1) is 0 Å². The molecule has 2 N–H and O–H groups in total. The average Bonchev–Trinajstić information content (AvgIpc) is 2.43. The Kier molecular flexibility index (Phi) is 4.66. The van der Waals surface area contributed by atoms with E-state index in [2.05, 4.69) is 11.4 Å². The van der Waals surface area contributed by atoms with Crippen molar-refractivity contribution >= 4 is 17.7 Å². The Morgan fingerprint density at radius 3 is 3.06 bits per heavy atom. The van der Waals surface area contributed by atoms with Crippen LogP contribution >= 0.6 is 11.8 Å². The molecule has 1 heterocycles. The van der Waals surface area contributed by atoms with Gasteiger partial charge in [-0.05, 0) is 29.7 Å². The van der Waals surface area contributed by atoms with Gasteiger partial charge in [0.2, 0.25) is 5.91 Å². The number of fused-ring (bicyclic) bond motifs is 1. The molecule has 0 aromatic heterocycles. The Morgan fingerprint density at radius 2 is 2.33 bits per heavy atom. The molecule has 1 aromatic carbocycles. The molecule has 2 atom stereocenters. The van der Waals surface area contributed by atoms with Crippen molar-refractivity contribution in [3.63, 3.8) is 0 Å². The Morgan fingerprint density at radius 1 is 1.56 bits per heavy atom. The highest BCUT2D eigenvalue weighted by Gasteiger charge is 2.27. The lowest BCUT2D eigenvalue weighted by molar-refractivity contribution is -0.121. The number of benzene rings is 1. The predicted octanol–water partition coefficient (Wildman–Crippen LogP) is 1.90. The van der Waals surface area contributed by atoms with Crippen molar-refractivity contribution in [2.24, 2.45) is 0 Å². The third-order valence-electron chi connectivity index (χ3n) is 3.29. The van der Waals surface area contributed by atoms with Gasteiger partial charge in [0, 0.05) is 0 Å². The number of hydrogen-bond acceptors (Lipinski definition) is 3. The number of aliphatic hydroxyl groups excluding tert-OH is 1. The van der Waals surface area contributed by atoms with Gasteiger partial charge in [-0.3, -0.25) is 4.79 Å². The van der Waals surface area contributed by atoms with Gasteiger partial charge in [0.25, 0.3) is 0 Å². The van der Waals surface area contributed by atoms with Gasteiger partial charge in [-0.25, -0.2) is 0 Å². The zero-order chi connectivity index (χ0) is 13.0. The molecule has 0 radical (unpaired) electrons. The largest absolute Gasteiger partial charge is 0.394 e. The molecule has 1 aromatic rings. The molecule has 1 aliphatic rings. The maximum absolute atomic E-state index is 12.2. The van der Waals surface area contributed by atoms with Crippen LogP contribution in [0.15, 0.2) is 24.3 Å². The van der Waals surface area contributed by atoms with E-state index in [1.807, 2.05) is 25.1 Å². The van der Waals surface area contributed by atoms with Gasteiger partial charge in [0.1, 0.15) is 5.25 Å². The molecular weight excluding hydrogens is 246 g/mol. The highest BCUT2D eigenvalue weighted by molar-refractivity contribution is 8.00. The lowest BCUT2D eigenvalue weighted by atomic mass is 10.0. The van der Waals surface area contributed by atoms with E-state index in [0.29, 0.717) is 0 Å². The number of aryl methyl sites for hydroxylation is 1. The van der Waals surface area contributed by atoms with Crippen LogP contribution in [0.4, 0.5) is 0 Å². The van der Waals surface area contributed by atoms with Crippen molar-refractivity contribution in [3.05, 3.63) is 35.4 Å². The number of thioether (sulfide) groups is 1. The average molecular weight is 265 g/mol. The summed E-state index contributed by atoms with van der Waals surface area (Å²) >= 11 is 1.68. The molecule has 18 heavy (non-hydrogen) atoms. The summed E-state index contributed by atoms with van der Waals surface area (Å²) in [6, 6.07) is 8.00. The van der Waals surface area contributed by atoms with E-state index >= 15 is 0 Å². The summed E-state index contributed by atoms with van der Waals surface area (Å²) in [7, 11) is 0. The van der Waals surface area contributed by atoms with E-state index in [-0.39, 0.29) is 23.8 Å². The van der Waals surface area contributed by atoms with Crippen LogP contribution in [0.5, 0.6) is 0 Å². The van der Waals surface area contributed by atoms with Gasteiger partial charge in [-0.1, -0.05) is 31.2 Å². The number of carbonyl (C=O) groups excluding carboxylic acids is 1. The molecule has 0 saturated heterocycles. The fourth-order valence-corrected chi connectivity index (χ4v) is 3.37. The minimum atomic E-state index is -0.132. The smallest absolute Gasteiger partial charge is 0.237 e. The van der Waals surface area contributed by atoms with Gasteiger partial charge in [0.15, 0.2) is 0 Å². The lowest BCUT2D eigenvalue weighted by Gasteiger charge is -2.26. The second-order valence-corrected chi connectivity index (χ2v) is 5.71. The monoisotopic (exact) mass is 265 g/mol. The minimum Gasteiger partial charge on any atom is -0.394 e. The molecule has 0 aliphatic carbocycles. The topological polar surface area (TPSA) is 49.3 Å². The Hall–Kier alpha value is -1.00. The van der Waals surface area contributed by atoms with Crippen LogP contribution in [-0.2, 0) is 11.2 Å². The summed E-state index contributed by atoms with van der Waals surface area (Å²) in [5.41, 5.74) is 2.40. The summed E-state index contributed by atoms with van der Waals surface area (Å²) in [6.45, 7) is 1.96. The quantitative estimate of drug-likeness (QED) is 0.874. The first-order valence-electron chi connectivity index (χ1n) is 6.37. The Labute approximate surface area is 112 Å². The third kappa shape index (κ3) is 2.87. The first-order chi connectivity index (χ1) is 8.76. The number of aliphatic hydroxyl groups is 1. The van der Waals surface area contributed by atoms with Crippen LogP contribution in [0.1, 0.15) is 29.7 Å². The molecular formula is C14H19NO2S. The van der Waals surface area contributed by atoms with Crippen LogP contribution in [0.2, 0.25) is 0 Å². The van der Waals surface area contributed by atoms with E-state index in [9.17, 15) is 4.79 Å². The second kappa shape index (κ2) is 6.25. The number of rotatable bonds is 4. The Balaban J connectivity index is 2.12. The molecule has 2 rings (SSSR count). The lowest BCUT2D eigenvalue weighted by Crippen LogP contribution is -2.40. The van der Waals surface area contributed by atoms with Gasteiger partial charge < -0.3 is 10.4 Å². The summed E-state index contributed by atoms with van der Waals surface area (Å²) in [6.07, 6.45) is 1.78. The zero-order valence-electron chi connectivity index (χ0n) is 10.6.